The number of carbonyl (C=O) groups is 2. The lowest BCUT2D eigenvalue weighted by Gasteiger charge is -2.13. The number of benzene rings is 2. The number of rotatable bonds is 6. The summed E-state index contributed by atoms with van der Waals surface area (Å²) in [5.74, 6) is -0.360. The first kappa shape index (κ1) is 17.7. The predicted molar refractivity (Wildman–Crippen MR) is 97.6 cm³/mol. The van der Waals surface area contributed by atoms with Crippen LogP contribution in [0, 0.1) is 6.92 Å². The molecule has 2 amide bonds. The quantitative estimate of drug-likeness (QED) is 0.845. The second-order valence-corrected chi connectivity index (χ2v) is 5.75. The van der Waals surface area contributed by atoms with Gasteiger partial charge in [0.1, 0.15) is 0 Å². The highest BCUT2D eigenvalue weighted by molar-refractivity contribution is 6.06. The summed E-state index contributed by atoms with van der Waals surface area (Å²) in [7, 11) is 0. The zero-order valence-corrected chi connectivity index (χ0v) is 14.5. The highest BCUT2D eigenvalue weighted by atomic mass is 16.2. The van der Waals surface area contributed by atoms with Crippen LogP contribution in [0.1, 0.15) is 52.1 Å². The Morgan fingerprint density at radius 1 is 0.958 bits per heavy atom. The van der Waals surface area contributed by atoms with Gasteiger partial charge >= 0.3 is 0 Å². The predicted octanol–water partition coefficient (Wildman–Crippen LogP) is 3.95. The van der Waals surface area contributed by atoms with Gasteiger partial charge in [0.05, 0.1) is 0 Å². The first-order valence-corrected chi connectivity index (χ1v) is 8.34. The molecular weight excluding hydrogens is 300 g/mol. The summed E-state index contributed by atoms with van der Waals surface area (Å²) in [5.41, 5.74) is 3.95. The van der Waals surface area contributed by atoms with Crippen LogP contribution in [0.4, 0.5) is 5.69 Å². The minimum atomic E-state index is -0.204. The van der Waals surface area contributed by atoms with Crippen LogP contribution in [0.3, 0.4) is 0 Å². The van der Waals surface area contributed by atoms with Gasteiger partial charge in [0.25, 0.3) is 11.8 Å². The lowest BCUT2D eigenvalue weighted by Crippen LogP contribution is -2.24. The SMILES string of the molecule is CCCNC(=O)c1cccc(C(=O)Nc2c(C)cccc2CC)c1. The summed E-state index contributed by atoms with van der Waals surface area (Å²) in [5, 5.41) is 5.81. The normalized spacial score (nSPS) is 10.3. The van der Waals surface area contributed by atoms with Gasteiger partial charge in [-0.3, -0.25) is 9.59 Å². The van der Waals surface area contributed by atoms with Crippen molar-refractivity contribution in [2.75, 3.05) is 11.9 Å². The Balaban J connectivity index is 2.21. The summed E-state index contributed by atoms with van der Waals surface area (Å²) in [6.07, 6.45) is 1.72. The largest absolute Gasteiger partial charge is 0.352 e. The first-order chi connectivity index (χ1) is 11.6. The Hall–Kier alpha value is -2.62. The van der Waals surface area contributed by atoms with E-state index in [4.69, 9.17) is 0 Å². The van der Waals surface area contributed by atoms with Crippen molar-refractivity contribution in [3.05, 3.63) is 64.7 Å². The van der Waals surface area contributed by atoms with E-state index in [2.05, 4.69) is 17.6 Å². The summed E-state index contributed by atoms with van der Waals surface area (Å²) in [4.78, 5) is 24.6. The number of hydrogen-bond donors (Lipinski definition) is 2. The average Bonchev–Trinajstić information content (AvgIpc) is 2.61. The summed E-state index contributed by atoms with van der Waals surface area (Å²) < 4.78 is 0. The Labute approximate surface area is 143 Å². The van der Waals surface area contributed by atoms with Crippen molar-refractivity contribution in [2.24, 2.45) is 0 Å². The molecule has 0 aromatic heterocycles. The molecule has 4 nitrogen and oxygen atoms in total. The number of nitrogens with one attached hydrogen (secondary N) is 2. The Morgan fingerprint density at radius 2 is 1.62 bits per heavy atom. The van der Waals surface area contributed by atoms with Crippen molar-refractivity contribution in [3.63, 3.8) is 0 Å². The standard InChI is InChI=1S/C20H24N2O2/c1-4-12-21-19(23)16-10-7-11-17(13-16)20(24)22-18-14(3)8-6-9-15(18)5-2/h6-11,13H,4-5,12H2,1-3H3,(H,21,23)(H,22,24). The van der Waals surface area contributed by atoms with Gasteiger partial charge in [0.2, 0.25) is 0 Å². The molecule has 0 atom stereocenters. The molecule has 0 heterocycles. The maximum absolute atomic E-state index is 12.6. The molecule has 24 heavy (non-hydrogen) atoms. The molecule has 2 N–H and O–H groups in total. The number of anilines is 1. The van der Waals surface area contributed by atoms with Gasteiger partial charge in [0.15, 0.2) is 0 Å². The molecule has 0 radical (unpaired) electrons. The van der Waals surface area contributed by atoms with E-state index in [1.807, 2.05) is 32.0 Å². The van der Waals surface area contributed by atoms with Crippen molar-refractivity contribution >= 4 is 17.5 Å². The maximum atomic E-state index is 12.6. The molecule has 2 rings (SSSR count). The minimum absolute atomic E-state index is 0.156. The molecule has 4 heteroatoms. The van der Waals surface area contributed by atoms with Gasteiger partial charge in [-0.1, -0.05) is 38.1 Å². The molecule has 0 bridgehead atoms. The molecule has 2 aromatic rings. The monoisotopic (exact) mass is 324 g/mol. The maximum Gasteiger partial charge on any atom is 0.255 e. The fraction of sp³-hybridized carbons (Fsp3) is 0.300. The zero-order chi connectivity index (χ0) is 17.5. The smallest absolute Gasteiger partial charge is 0.255 e. The van der Waals surface area contributed by atoms with Crippen LogP contribution in [0.15, 0.2) is 42.5 Å². The molecule has 0 aliphatic carbocycles. The fourth-order valence-corrected chi connectivity index (χ4v) is 2.53. The molecule has 126 valence electrons. The van der Waals surface area contributed by atoms with E-state index in [1.54, 1.807) is 24.3 Å². The lowest BCUT2D eigenvalue weighted by atomic mass is 10.0. The molecule has 0 aliphatic heterocycles. The second-order valence-electron chi connectivity index (χ2n) is 5.75. The van der Waals surface area contributed by atoms with Crippen molar-refractivity contribution in [3.8, 4) is 0 Å². The van der Waals surface area contributed by atoms with Crippen molar-refractivity contribution < 1.29 is 9.59 Å². The first-order valence-electron chi connectivity index (χ1n) is 8.34. The van der Waals surface area contributed by atoms with Crippen LogP contribution in [-0.4, -0.2) is 18.4 Å². The van der Waals surface area contributed by atoms with Crippen LogP contribution >= 0.6 is 0 Å². The number of carbonyl (C=O) groups excluding carboxylic acids is 2. The van der Waals surface area contributed by atoms with Gasteiger partial charge < -0.3 is 10.6 Å². The second kappa shape index (κ2) is 8.29. The number of amides is 2. The molecule has 0 fully saturated rings. The summed E-state index contributed by atoms with van der Waals surface area (Å²) >= 11 is 0. The van der Waals surface area contributed by atoms with Crippen molar-refractivity contribution in [2.45, 2.75) is 33.6 Å². The molecule has 0 saturated heterocycles. The third kappa shape index (κ3) is 4.22. The topological polar surface area (TPSA) is 58.2 Å². The molecular formula is C20H24N2O2. The van der Waals surface area contributed by atoms with Crippen molar-refractivity contribution in [1.29, 1.82) is 0 Å². The third-order valence-corrected chi connectivity index (χ3v) is 3.90. The molecule has 0 aliphatic rings. The zero-order valence-electron chi connectivity index (χ0n) is 14.5. The Kier molecular flexibility index (Phi) is 6.13. The lowest BCUT2D eigenvalue weighted by molar-refractivity contribution is 0.0953. The van der Waals surface area contributed by atoms with Gasteiger partial charge in [0, 0.05) is 23.4 Å². The van der Waals surface area contributed by atoms with E-state index in [0.717, 1.165) is 29.7 Å². The van der Waals surface area contributed by atoms with Crippen LogP contribution in [0.2, 0.25) is 0 Å². The highest BCUT2D eigenvalue weighted by Crippen LogP contribution is 2.22. The average molecular weight is 324 g/mol. The van der Waals surface area contributed by atoms with E-state index in [-0.39, 0.29) is 11.8 Å². The Morgan fingerprint density at radius 3 is 2.29 bits per heavy atom. The Bertz CT molecular complexity index is 738. The van der Waals surface area contributed by atoms with E-state index >= 15 is 0 Å². The highest BCUT2D eigenvalue weighted by Gasteiger charge is 2.13. The fourth-order valence-electron chi connectivity index (χ4n) is 2.53. The number of para-hydroxylation sites is 1. The van der Waals surface area contributed by atoms with Crippen LogP contribution < -0.4 is 10.6 Å². The molecule has 0 spiro atoms. The van der Waals surface area contributed by atoms with Gasteiger partial charge in [-0.2, -0.15) is 0 Å². The van der Waals surface area contributed by atoms with Crippen LogP contribution in [0.25, 0.3) is 0 Å². The van der Waals surface area contributed by atoms with E-state index in [9.17, 15) is 9.59 Å². The van der Waals surface area contributed by atoms with Gasteiger partial charge in [-0.05, 0) is 49.1 Å². The van der Waals surface area contributed by atoms with Gasteiger partial charge in [-0.25, -0.2) is 0 Å². The van der Waals surface area contributed by atoms with Crippen LogP contribution in [-0.2, 0) is 6.42 Å². The van der Waals surface area contributed by atoms with E-state index in [1.165, 1.54) is 0 Å². The van der Waals surface area contributed by atoms with E-state index in [0.29, 0.717) is 17.7 Å². The minimum Gasteiger partial charge on any atom is -0.352 e. The third-order valence-electron chi connectivity index (χ3n) is 3.90. The summed E-state index contributed by atoms with van der Waals surface area (Å²) in [6, 6.07) is 12.8. The number of hydrogen-bond acceptors (Lipinski definition) is 2. The summed E-state index contributed by atoms with van der Waals surface area (Å²) in [6.45, 7) is 6.66. The van der Waals surface area contributed by atoms with Crippen molar-refractivity contribution in [1.82, 2.24) is 5.32 Å². The molecule has 0 unspecified atom stereocenters. The van der Waals surface area contributed by atoms with E-state index < -0.39 is 0 Å². The van der Waals surface area contributed by atoms with Crippen LogP contribution in [0.5, 0.6) is 0 Å². The molecule has 2 aromatic carbocycles. The number of aryl methyl sites for hydroxylation is 2. The molecule has 0 saturated carbocycles. The van der Waals surface area contributed by atoms with Gasteiger partial charge in [-0.15, -0.1) is 0 Å².